The van der Waals surface area contributed by atoms with Gasteiger partial charge in [-0.1, -0.05) is 13.0 Å². The van der Waals surface area contributed by atoms with E-state index in [9.17, 15) is 9.90 Å². The first-order chi connectivity index (χ1) is 8.66. The summed E-state index contributed by atoms with van der Waals surface area (Å²) in [5.74, 6) is 0.552. The van der Waals surface area contributed by atoms with Crippen LogP contribution in [0.2, 0.25) is 0 Å². The predicted octanol–water partition coefficient (Wildman–Crippen LogP) is 1.46. The van der Waals surface area contributed by atoms with Crippen LogP contribution in [0.4, 0.5) is 0 Å². The van der Waals surface area contributed by atoms with Gasteiger partial charge in [-0.15, -0.1) is 0 Å². The summed E-state index contributed by atoms with van der Waals surface area (Å²) in [6.45, 7) is 2.26. The number of aromatic nitrogens is 1. The van der Waals surface area contributed by atoms with Crippen molar-refractivity contribution >= 4 is 5.91 Å². The van der Waals surface area contributed by atoms with Crippen LogP contribution >= 0.6 is 0 Å². The summed E-state index contributed by atoms with van der Waals surface area (Å²) in [5, 5.41) is 9.66. The third kappa shape index (κ3) is 1.56. The Hall–Kier alpha value is -1.42. The number of piperidine rings is 1. The number of carbonyl (C=O) groups excluding carboxylic acids is 1. The van der Waals surface area contributed by atoms with Crippen LogP contribution in [0.1, 0.15) is 36.7 Å². The summed E-state index contributed by atoms with van der Waals surface area (Å²) < 4.78 is 0. The minimum absolute atomic E-state index is 0.0344. The average molecular weight is 246 g/mol. The highest BCUT2D eigenvalue weighted by Crippen LogP contribution is 2.49. The van der Waals surface area contributed by atoms with E-state index in [1.165, 1.54) is 0 Å². The number of carbonyl (C=O) groups is 1. The quantitative estimate of drug-likeness (QED) is 0.859. The van der Waals surface area contributed by atoms with Gasteiger partial charge in [0, 0.05) is 12.2 Å². The molecule has 3 heterocycles. The van der Waals surface area contributed by atoms with Crippen molar-refractivity contribution in [2.45, 2.75) is 37.8 Å². The molecular formula is C14H18N2O2. The van der Waals surface area contributed by atoms with Gasteiger partial charge >= 0.3 is 0 Å². The standard InChI is InChI=1S/C14H18N2O2/c1-10-6-11-8-14(7-10,9-17)16(11)13(18)12-4-2-3-5-15-12/h2-5,10-11,17H,6-9H2,1H3/t10-,11?,14+/m1/s1. The third-order valence-electron chi connectivity index (χ3n) is 4.29. The topological polar surface area (TPSA) is 53.4 Å². The van der Waals surface area contributed by atoms with Gasteiger partial charge in [-0.25, -0.2) is 0 Å². The van der Waals surface area contributed by atoms with Crippen LogP contribution < -0.4 is 0 Å². The number of nitrogens with zero attached hydrogens (tertiary/aromatic N) is 2. The Morgan fingerprint density at radius 3 is 3.06 bits per heavy atom. The van der Waals surface area contributed by atoms with Gasteiger partial charge in [0.15, 0.2) is 0 Å². The van der Waals surface area contributed by atoms with E-state index in [4.69, 9.17) is 0 Å². The zero-order valence-corrected chi connectivity index (χ0v) is 10.5. The monoisotopic (exact) mass is 246 g/mol. The smallest absolute Gasteiger partial charge is 0.273 e. The molecule has 2 aliphatic heterocycles. The van der Waals surface area contributed by atoms with Gasteiger partial charge < -0.3 is 10.0 Å². The summed E-state index contributed by atoms with van der Waals surface area (Å²) >= 11 is 0. The summed E-state index contributed by atoms with van der Waals surface area (Å²) in [7, 11) is 0. The molecule has 3 atom stereocenters. The molecule has 0 spiro atoms. The lowest BCUT2D eigenvalue weighted by Crippen LogP contribution is -2.73. The van der Waals surface area contributed by atoms with Gasteiger partial charge in [0.2, 0.25) is 0 Å². The molecule has 1 N–H and O–H groups in total. The SMILES string of the molecule is C[C@@H]1CC2C[C@](CO)(C1)N2C(=O)c1ccccn1. The molecule has 4 heteroatoms. The molecule has 1 aliphatic carbocycles. The Balaban J connectivity index is 1.87. The Bertz CT molecular complexity index is 462. The van der Waals surface area contributed by atoms with Gasteiger partial charge in [-0.3, -0.25) is 9.78 Å². The van der Waals surface area contributed by atoms with Gasteiger partial charge in [-0.2, -0.15) is 0 Å². The highest BCUT2D eigenvalue weighted by molar-refractivity contribution is 5.93. The molecule has 18 heavy (non-hydrogen) atoms. The van der Waals surface area contributed by atoms with Gasteiger partial charge in [-0.05, 0) is 37.3 Å². The molecule has 1 amide bonds. The molecule has 4 nitrogen and oxygen atoms in total. The number of aliphatic hydroxyl groups is 1. The normalized spacial score (nSPS) is 34.0. The summed E-state index contributed by atoms with van der Waals surface area (Å²) in [4.78, 5) is 18.5. The van der Waals surface area contributed by atoms with Gasteiger partial charge in [0.25, 0.3) is 5.91 Å². The van der Waals surface area contributed by atoms with E-state index >= 15 is 0 Å². The molecule has 96 valence electrons. The van der Waals surface area contributed by atoms with Crippen molar-refractivity contribution < 1.29 is 9.90 Å². The molecule has 4 rings (SSSR count). The fraction of sp³-hybridized carbons (Fsp3) is 0.571. The van der Waals surface area contributed by atoms with E-state index in [1.807, 2.05) is 11.0 Å². The second kappa shape index (κ2) is 4.05. The van der Waals surface area contributed by atoms with E-state index < -0.39 is 0 Å². The first-order valence-electron chi connectivity index (χ1n) is 6.52. The van der Waals surface area contributed by atoms with Gasteiger partial charge in [0.05, 0.1) is 12.1 Å². The van der Waals surface area contributed by atoms with Crippen LogP contribution in [0, 0.1) is 5.92 Å². The number of aliphatic hydroxyl groups excluding tert-OH is 1. The van der Waals surface area contributed by atoms with Crippen molar-refractivity contribution in [3.63, 3.8) is 0 Å². The van der Waals surface area contributed by atoms with Crippen LogP contribution in [0.5, 0.6) is 0 Å². The molecule has 1 aromatic heterocycles. The van der Waals surface area contributed by atoms with Crippen molar-refractivity contribution in [3.8, 4) is 0 Å². The molecule has 2 saturated heterocycles. The lowest BCUT2D eigenvalue weighted by molar-refractivity contribution is -0.123. The summed E-state index contributed by atoms with van der Waals surface area (Å²) in [5.41, 5.74) is 0.159. The number of hydrogen-bond donors (Lipinski definition) is 1. The van der Waals surface area contributed by atoms with Crippen LogP contribution in [0.25, 0.3) is 0 Å². The first kappa shape index (κ1) is 11.7. The minimum Gasteiger partial charge on any atom is -0.394 e. The maximum atomic E-state index is 12.5. The summed E-state index contributed by atoms with van der Waals surface area (Å²) in [6.07, 6.45) is 4.52. The fourth-order valence-corrected chi connectivity index (χ4v) is 3.67. The number of hydrogen-bond acceptors (Lipinski definition) is 3. The minimum atomic E-state index is -0.322. The molecule has 1 unspecified atom stereocenters. The first-order valence-corrected chi connectivity index (χ1v) is 6.52. The maximum Gasteiger partial charge on any atom is 0.273 e. The van der Waals surface area contributed by atoms with E-state index in [0.717, 1.165) is 19.3 Å². The third-order valence-corrected chi connectivity index (χ3v) is 4.29. The van der Waals surface area contributed by atoms with E-state index in [0.29, 0.717) is 11.6 Å². The van der Waals surface area contributed by atoms with Crippen LogP contribution in [0.3, 0.4) is 0 Å². The molecule has 2 bridgehead atoms. The zero-order chi connectivity index (χ0) is 12.8. The van der Waals surface area contributed by atoms with Crippen molar-refractivity contribution in [2.75, 3.05) is 6.61 Å². The van der Waals surface area contributed by atoms with Crippen LogP contribution in [0.15, 0.2) is 24.4 Å². The molecule has 0 radical (unpaired) electrons. The van der Waals surface area contributed by atoms with E-state index in [-0.39, 0.29) is 24.1 Å². The fourth-order valence-electron chi connectivity index (χ4n) is 3.67. The largest absolute Gasteiger partial charge is 0.394 e. The number of pyridine rings is 1. The van der Waals surface area contributed by atoms with E-state index in [1.54, 1.807) is 18.3 Å². The van der Waals surface area contributed by atoms with Crippen molar-refractivity contribution in [1.29, 1.82) is 0 Å². The average Bonchev–Trinajstić information content (AvgIpc) is 2.38. The number of fused-ring (bicyclic) bond motifs is 2. The van der Waals surface area contributed by atoms with Crippen molar-refractivity contribution in [1.82, 2.24) is 9.88 Å². The lowest BCUT2D eigenvalue weighted by Gasteiger charge is -2.63. The molecule has 1 saturated carbocycles. The Morgan fingerprint density at radius 2 is 2.39 bits per heavy atom. The molecular weight excluding hydrogens is 228 g/mol. The molecule has 1 aromatic rings. The van der Waals surface area contributed by atoms with E-state index in [2.05, 4.69) is 11.9 Å². The Kier molecular flexibility index (Phi) is 2.63. The second-order valence-electron chi connectivity index (χ2n) is 5.68. The van der Waals surface area contributed by atoms with Crippen molar-refractivity contribution in [3.05, 3.63) is 30.1 Å². The van der Waals surface area contributed by atoms with Crippen LogP contribution in [-0.4, -0.2) is 39.1 Å². The van der Waals surface area contributed by atoms with Gasteiger partial charge in [0.1, 0.15) is 5.69 Å². The molecule has 3 fully saturated rings. The number of rotatable bonds is 2. The lowest BCUT2D eigenvalue weighted by atomic mass is 9.64. The number of amides is 1. The van der Waals surface area contributed by atoms with Crippen LogP contribution in [-0.2, 0) is 0 Å². The predicted molar refractivity (Wildman–Crippen MR) is 67.0 cm³/mol. The van der Waals surface area contributed by atoms with Crippen molar-refractivity contribution in [2.24, 2.45) is 5.92 Å². The Labute approximate surface area is 107 Å². The highest BCUT2D eigenvalue weighted by atomic mass is 16.3. The molecule has 3 aliphatic rings. The Morgan fingerprint density at radius 1 is 1.56 bits per heavy atom. The maximum absolute atomic E-state index is 12.5. The summed E-state index contributed by atoms with van der Waals surface area (Å²) in [6, 6.07) is 5.65. The zero-order valence-electron chi connectivity index (χ0n) is 10.5. The highest BCUT2D eigenvalue weighted by Gasteiger charge is 2.57. The molecule has 0 aromatic carbocycles. The second-order valence-corrected chi connectivity index (χ2v) is 5.68.